The number of benzene rings is 1. The van der Waals surface area contributed by atoms with Crippen molar-refractivity contribution in [1.82, 2.24) is 4.90 Å². The standard InChI is InChI=1S/C14H17NO3/c16-10-7-12-3-5-13(6-4-12)18-11-9-15-8-1-2-14(15)17/h3-6,10H,1-2,7-9,11H2. The van der Waals surface area contributed by atoms with Crippen LogP contribution >= 0.6 is 0 Å². The molecule has 0 unspecified atom stereocenters. The Balaban J connectivity index is 1.76. The van der Waals surface area contributed by atoms with Crippen molar-refractivity contribution in [2.45, 2.75) is 19.3 Å². The van der Waals surface area contributed by atoms with Crippen LogP contribution in [0.2, 0.25) is 0 Å². The summed E-state index contributed by atoms with van der Waals surface area (Å²) in [5, 5.41) is 0. The number of hydrogen-bond donors (Lipinski definition) is 0. The summed E-state index contributed by atoms with van der Waals surface area (Å²) in [5.74, 6) is 0.997. The molecule has 4 nitrogen and oxygen atoms in total. The van der Waals surface area contributed by atoms with Crippen LogP contribution in [0.25, 0.3) is 0 Å². The average molecular weight is 247 g/mol. The molecular formula is C14H17NO3. The summed E-state index contributed by atoms with van der Waals surface area (Å²) >= 11 is 0. The monoisotopic (exact) mass is 247 g/mol. The van der Waals surface area contributed by atoms with E-state index in [1.54, 1.807) is 0 Å². The van der Waals surface area contributed by atoms with Gasteiger partial charge in [0.05, 0.1) is 6.54 Å². The first-order chi connectivity index (χ1) is 8.79. The number of aldehydes is 1. The van der Waals surface area contributed by atoms with E-state index in [2.05, 4.69) is 0 Å². The Bertz CT molecular complexity index is 414. The van der Waals surface area contributed by atoms with E-state index in [1.807, 2.05) is 29.2 Å². The highest BCUT2D eigenvalue weighted by atomic mass is 16.5. The SMILES string of the molecule is O=CCc1ccc(OCCN2CCCC2=O)cc1. The molecule has 1 aliphatic rings. The maximum Gasteiger partial charge on any atom is 0.222 e. The predicted molar refractivity (Wildman–Crippen MR) is 67.5 cm³/mol. The molecule has 0 aromatic heterocycles. The molecule has 1 aromatic carbocycles. The summed E-state index contributed by atoms with van der Waals surface area (Å²) in [6, 6.07) is 7.46. The Morgan fingerprint density at radius 1 is 1.28 bits per heavy atom. The van der Waals surface area contributed by atoms with Crippen molar-refractivity contribution in [1.29, 1.82) is 0 Å². The van der Waals surface area contributed by atoms with Crippen LogP contribution in [0.15, 0.2) is 24.3 Å². The number of carbonyl (C=O) groups is 2. The first-order valence-corrected chi connectivity index (χ1v) is 6.23. The van der Waals surface area contributed by atoms with E-state index in [4.69, 9.17) is 4.74 Å². The predicted octanol–water partition coefficient (Wildman–Crippen LogP) is 1.43. The fourth-order valence-electron chi connectivity index (χ4n) is 2.03. The number of amides is 1. The van der Waals surface area contributed by atoms with E-state index in [-0.39, 0.29) is 5.91 Å². The highest BCUT2D eigenvalue weighted by molar-refractivity contribution is 5.78. The van der Waals surface area contributed by atoms with Crippen LogP contribution in [0.1, 0.15) is 18.4 Å². The molecule has 1 aliphatic heterocycles. The Morgan fingerprint density at radius 2 is 2.06 bits per heavy atom. The summed E-state index contributed by atoms with van der Waals surface area (Å²) < 4.78 is 5.57. The van der Waals surface area contributed by atoms with E-state index in [0.717, 1.165) is 30.6 Å². The maximum atomic E-state index is 11.4. The van der Waals surface area contributed by atoms with Crippen LogP contribution in [0, 0.1) is 0 Å². The first-order valence-electron chi connectivity index (χ1n) is 6.23. The van der Waals surface area contributed by atoms with Gasteiger partial charge in [-0.3, -0.25) is 4.79 Å². The minimum Gasteiger partial charge on any atom is -0.492 e. The first kappa shape index (κ1) is 12.6. The van der Waals surface area contributed by atoms with Crippen LogP contribution in [-0.4, -0.2) is 36.8 Å². The second-order valence-electron chi connectivity index (χ2n) is 4.35. The van der Waals surface area contributed by atoms with Crippen molar-refractivity contribution in [3.63, 3.8) is 0 Å². The molecule has 0 N–H and O–H groups in total. The smallest absolute Gasteiger partial charge is 0.222 e. The number of carbonyl (C=O) groups excluding carboxylic acids is 2. The summed E-state index contributed by atoms with van der Waals surface area (Å²) in [6.07, 6.45) is 2.94. The maximum absolute atomic E-state index is 11.4. The third-order valence-electron chi connectivity index (χ3n) is 3.04. The van der Waals surface area contributed by atoms with Crippen LogP contribution in [-0.2, 0) is 16.0 Å². The Labute approximate surface area is 107 Å². The lowest BCUT2D eigenvalue weighted by molar-refractivity contribution is -0.128. The lowest BCUT2D eigenvalue weighted by Crippen LogP contribution is -2.29. The fourth-order valence-corrected chi connectivity index (χ4v) is 2.03. The van der Waals surface area contributed by atoms with E-state index in [0.29, 0.717) is 26.0 Å². The molecule has 0 bridgehead atoms. The van der Waals surface area contributed by atoms with Gasteiger partial charge in [-0.15, -0.1) is 0 Å². The molecule has 2 rings (SSSR count). The zero-order chi connectivity index (χ0) is 12.8. The van der Waals surface area contributed by atoms with Gasteiger partial charge in [0.2, 0.25) is 5.91 Å². The molecule has 1 amide bonds. The normalized spacial score (nSPS) is 14.9. The van der Waals surface area contributed by atoms with E-state index >= 15 is 0 Å². The molecule has 0 spiro atoms. The summed E-state index contributed by atoms with van der Waals surface area (Å²) in [7, 11) is 0. The molecule has 0 aliphatic carbocycles. The second kappa shape index (κ2) is 6.19. The number of ether oxygens (including phenoxy) is 1. The molecule has 1 fully saturated rings. The van der Waals surface area contributed by atoms with Gasteiger partial charge >= 0.3 is 0 Å². The molecule has 4 heteroatoms. The molecule has 1 aromatic rings. The van der Waals surface area contributed by atoms with Crippen molar-refractivity contribution in [3.8, 4) is 5.75 Å². The Hall–Kier alpha value is -1.84. The van der Waals surface area contributed by atoms with Gasteiger partial charge in [-0.05, 0) is 24.1 Å². The van der Waals surface area contributed by atoms with Gasteiger partial charge < -0.3 is 14.4 Å². The molecule has 1 saturated heterocycles. The van der Waals surface area contributed by atoms with E-state index < -0.39 is 0 Å². The summed E-state index contributed by atoms with van der Waals surface area (Å²) in [4.78, 5) is 23.5. The summed E-state index contributed by atoms with van der Waals surface area (Å²) in [5.41, 5.74) is 0.979. The van der Waals surface area contributed by atoms with Gasteiger partial charge in [-0.1, -0.05) is 12.1 Å². The largest absolute Gasteiger partial charge is 0.492 e. The zero-order valence-electron chi connectivity index (χ0n) is 10.3. The third-order valence-corrected chi connectivity index (χ3v) is 3.04. The van der Waals surface area contributed by atoms with Crippen molar-refractivity contribution in [2.24, 2.45) is 0 Å². The van der Waals surface area contributed by atoms with Crippen molar-refractivity contribution >= 4 is 12.2 Å². The molecule has 96 valence electrons. The molecular weight excluding hydrogens is 230 g/mol. The van der Waals surface area contributed by atoms with Crippen molar-refractivity contribution in [2.75, 3.05) is 19.7 Å². The van der Waals surface area contributed by atoms with Crippen molar-refractivity contribution < 1.29 is 14.3 Å². The van der Waals surface area contributed by atoms with Crippen molar-refractivity contribution in [3.05, 3.63) is 29.8 Å². The number of hydrogen-bond acceptors (Lipinski definition) is 3. The highest BCUT2D eigenvalue weighted by Gasteiger charge is 2.19. The topological polar surface area (TPSA) is 46.6 Å². The van der Waals surface area contributed by atoms with Crippen LogP contribution in [0.3, 0.4) is 0 Å². The molecule has 0 saturated carbocycles. The summed E-state index contributed by atoms with van der Waals surface area (Å²) in [6.45, 7) is 2.01. The average Bonchev–Trinajstić information content (AvgIpc) is 2.78. The molecule has 1 heterocycles. The minimum absolute atomic E-state index is 0.222. The van der Waals surface area contributed by atoms with E-state index in [9.17, 15) is 9.59 Å². The fraction of sp³-hybridized carbons (Fsp3) is 0.429. The highest BCUT2D eigenvalue weighted by Crippen LogP contribution is 2.13. The van der Waals surface area contributed by atoms with E-state index in [1.165, 1.54) is 0 Å². The number of nitrogens with zero attached hydrogens (tertiary/aromatic N) is 1. The lowest BCUT2D eigenvalue weighted by Gasteiger charge is -2.15. The number of rotatable bonds is 6. The van der Waals surface area contributed by atoms with Crippen LogP contribution < -0.4 is 4.74 Å². The molecule has 18 heavy (non-hydrogen) atoms. The number of likely N-dealkylation sites (tertiary alicyclic amines) is 1. The zero-order valence-corrected chi connectivity index (χ0v) is 10.3. The van der Waals surface area contributed by atoms with Gasteiger partial charge in [0, 0.05) is 19.4 Å². The lowest BCUT2D eigenvalue weighted by atomic mass is 10.2. The second-order valence-corrected chi connectivity index (χ2v) is 4.35. The van der Waals surface area contributed by atoms with Crippen LogP contribution in [0.4, 0.5) is 0 Å². The Morgan fingerprint density at radius 3 is 2.67 bits per heavy atom. The van der Waals surface area contributed by atoms with Gasteiger partial charge in [-0.25, -0.2) is 0 Å². The third kappa shape index (κ3) is 3.32. The van der Waals surface area contributed by atoms with Crippen LogP contribution in [0.5, 0.6) is 5.75 Å². The van der Waals surface area contributed by atoms with Gasteiger partial charge in [0.15, 0.2) is 0 Å². The van der Waals surface area contributed by atoms with Gasteiger partial charge in [0.25, 0.3) is 0 Å². The van der Waals surface area contributed by atoms with Gasteiger partial charge in [0.1, 0.15) is 18.6 Å². The minimum atomic E-state index is 0.222. The Kier molecular flexibility index (Phi) is 4.34. The molecule has 0 radical (unpaired) electrons. The molecule has 0 atom stereocenters. The van der Waals surface area contributed by atoms with Gasteiger partial charge in [-0.2, -0.15) is 0 Å². The quantitative estimate of drug-likeness (QED) is 0.714.